The van der Waals surface area contributed by atoms with E-state index in [0.29, 0.717) is 41.9 Å². The molecule has 0 spiro atoms. The van der Waals surface area contributed by atoms with Gasteiger partial charge in [0.1, 0.15) is 19.0 Å². The second-order valence-electron chi connectivity index (χ2n) is 6.12. The van der Waals surface area contributed by atoms with E-state index in [1.165, 1.54) is 12.3 Å². The Bertz CT molecular complexity index is 1040. The Morgan fingerprint density at radius 2 is 1.72 bits per heavy atom. The molecule has 6 nitrogen and oxygen atoms in total. The highest BCUT2D eigenvalue weighted by Gasteiger charge is 2.15. The van der Waals surface area contributed by atoms with E-state index in [1.807, 2.05) is 12.1 Å². The summed E-state index contributed by atoms with van der Waals surface area (Å²) < 4.78 is 45.5. The van der Waals surface area contributed by atoms with Crippen LogP contribution in [0.4, 0.5) is 20.4 Å². The quantitative estimate of drug-likeness (QED) is 0.520. The second-order valence-corrected chi connectivity index (χ2v) is 6.97. The molecule has 0 saturated carbocycles. The van der Waals surface area contributed by atoms with Crippen LogP contribution in [0, 0.1) is 11.6 Å². The lowest BCUT2D eigenvalue weighted by atomic mass is 10.1. The topological polar surface area (TPSA) is 65.5 Å². The molecule has 0 atom stereocenters. The number of nitrogens with one attached hydrogen (secondary N) is 1. The zero-order valence-electron chi connectivity index (χ0n) is 15.1. The van der Waals surface area contributed by atoms with Gasteiger partial charge in [0.25, 0.3) is 0 Å². The van der Waals surface area contributed by atoms with Crippen molar-refractivity contribution in [3.05, 3.63) is 58.7 Å². The van der Waals surface area contributed by atoms with Gasteiger partial charge in [-0.1, -0.05) is 0 Å². The summed E-state index contributed by atoms with van der Waals surface area (Å²) in [6.07, 6.45) is 1.53. The summed E-state index contributed by atoms with van der Waals surface area (Å²) in [5.74, 6) is -1.34. The van der Waals surface area contributed by atoms with Crippen LogP contribution in [0.15, 0.2) is 47.1 Å². The third kappa shape index (κ3) is 4.63. The van der Waals surface area contributed by atoms with Gasteiger partial charge in [-0.25, -0.2) is 14.4 Å². The molecule has 9 heteroatoms. The molecule has 0 radical (unpaired) electrons. The van der Waals surface area contributed by atoms with E-state index in [9.17, 15) is 8.78 Å². The van der Waals surface area contributed by atoms with Gasteiger partial charge in [0, 0.05) is 23.5 Å². The predicted molar refractivity (Wildman–Crippen MR) is 107 cm³/mol. The summed E-state index contributed by atoms with van der Waals surface area (Å²) in [6.45, 7) is 0.894. The summed E-state index contributed by atoms with van der Waals surface area (Å²) in [5.41, 5.74) is 1.50. The van der Waals surface area contributed by atoms with Gasteiger partial charge >= 0.3 is 0 Å². The fourth-order valence-corrected chi connectivity index (χ4v) is 3.10. The van der Waals surface area contributed by atoms with Crippen LogP contribution in [0.25, 0.3) is 11.3 Å². The minimum Gasteiger partial charge on any atom is -0.490 e. The Kier molecular flexibility index (Phi) is 5.86. The zero-order chi connectivity index (χ0) is 20.2. The first-order valence-corrected chi connectivity index (χ1v) is 9.62. The lowest BCUT2D eigenvalue weighted by molar-refractivity contribution is 0.0751. The molecule has 1 N–H and O–H groups in total. The SMILES string of the molecule is Fc1cc2cc(c1F)OCCOCCOc1cc(ccc1Br)Nc1nccc-2n1. The second kappa shape index (κ2) is 8.71. The highest BCUT2D eigenvalue weighted by molar-refractivity contribution is 9.10. The van der Waals surface area contributed by atoms with E-state index >= 15 is 0 Å². The van der Waals surface area contributed by atoms with Crippen LogP contribution in [0.5, 0.6) is 11.5 Å². The first-order valence-electron chi connectivity index (χ1n) is 8.82. The molecular formula is C20H16BrF2N3O3. The van der Waals surface area contributed by atoms with Gasteiger partial charge in [-0.2, -0.15) is 4.39 Å². The molecule has 3 aromatic rings. The summed E-state index contributed by atoms with van der Waals surface area (Å²) in [7, 11) is 0. The van der Waals surface area contributed by atoms with E-state index in [2.05, 4.69) is 31.2 Å². The third-order valence-electron chi connectivity index (χ3n) is 4.10. The number of ether oxygens (including phenoxy) is 3. The van der Waals surface area contributed by atoms with Crippen LogP contribution in [0.3, 0.4) is 0 Å². The molecule has 0 amide bonds. The number of aromatic nitrogens is 2. The van der Waals surface area contributed by atoms with Crippen molar-refractivity contribution in [3.8, 4) is 22.8 Å². The first kappa shape index (κ1) is 19.5. The predicted octanol–water partition coefficient (Wildman–Crippen LogP) is 4.72. The smallest absolute Gasteiger partial charge is 0.227 e. The summed E-state index contributed by atoms with van der Waals surface area (Å²) in [4.78, 5) is 8.59. The Balaban J connectivity index is 1.73. The molecule has 1 aromatic heterocycles. The molecule has 2 aromatic carbocycles. The Hall–Kier alpha value is -2.78. The van der Waals surface area contributed by atoms with Crippen molar-refractivity contribution in [3.63, 3.8) is 0 Å². The van der Waals surface area contributed by atoms with Gasteiger partial charge in [-0.3, -0.25) is 0 Å². The molecule has 2 heterocycles. The average Bonchev–Trinajstić information content (AvgIpc) is 2.72. The van der Waals surface area contributed by atoms with Crippen molar-refractivity contribution in [2.75, 3.05) is 31.7 Å². The van der Waals surface area contributed by atoms with Gasteiger partial charge in [-0.05, 0) is 46.3 Å². The largest absolute Gasteiger partial charge is 0.490 e. The highest BCUT2D eigenvalue weighted by atomic mass is 79.9. The average molecular weight is 464 g/mol. The maximum Gasteiger partial charge on any atom is 0.227 e. The van der Waals surface area contributed by atoms with Crippen LogP contribution < -0.4 is 14.8 Å². The molecule has 0 unspecified atom stereocenters. The Morgan fingerprint density at radius 3 is 2.55 bits per heavy atom. The fraction of sp³-hybridized carbons (Fsp3) is 0.200. The van der Waals surface area contributed by atoms with Crippen LogP contribution >= 0.6 is 15.9 Å². The van der Waals surface area contributed by atoms with Crippen molar-refractivity contribution in [1.82, 2.24) is 9.97 Å². The number of halogens is 3. The van der Waals surface area contributed by atoms with E-state index < -0.39 is 11.6 Å². The number of fused-ring (bicyclic) bond motifs is 7. The van der Waals surface area contributed by atoms with E-state index in [0.717, 1.165) is 10.5 Å². The molecule has 1 aliphatic heterocycles. The van der Waals surface area contributed by atoms with Crippen LogP contribution in [0.1, 0.15) is 0 Å². The Labute approximate surface area is 174 Å². The van der Waals surface area contributed by atoms with Crippen LogP contribution in [-0.4, -0.2) is 36.4 Å². The number of benzene rings is 2. The van der Waals surface area contributed by atoms with Gasteiger partial charge < -0.3 is 19.5 Å². The van der Waals surface area contributed by atoms with Crippen LogP contribution in [-0.2, 0) is 4.74 Å². The minimum atomic E-state index is -1.05. The van der Waals surface area contributed by atoms with E-state index in [-0.39, 0.29) is 19.0 Å². The zero-order valence-corrected chi connectivity index (χ0v) is 16.7. The lowest BCUT2D eigenvalue weighted by Crippen LogP contribution is -2.13. The molecule has 0 fully saturated rings. The number of nitrogens with zero attached hydrogens (tertiary/aromatic N) is 2. The summed E-state index contributed by atoms with van der Waals surface area (Å²) in [5, 5.41) is 3.09. The summed E-state index contributed by atoms with van der Waals surface area (Å²) >= 11 is 3.45. The molecule has 0 saturated heterocycles. The monoisotopic (exact) mass is 463 g/mol. The van der Waals surface area contributed by atoms with E-state index in [4.69, 9.17) is 14.2 Å². The van der Waals surface area contributed by atoms with Crippen molar-refractivity contribution in [1.29, 1.82) is 0 Å². The van der Waals surface area contributed by atoms with Crippen molar-refractivity contribution < 1.29 is 23.0 Å². The van der Waals surface area contributed by atoms with Crippen molar-refractivity contribution in [2.24, 2.45) is 0 Å². The number of hydrogen-bond donors (Lipinski definition) is 1. The van der Waals surface area contributed by atoms with Gasteiger partial charge in [0.2, 0.25) is 11.8 Å². The number of anilines is 2. The molecule has 4 rings (SSSR count). The van der Waals surface area contributed by atoms with Gasteiger partial charge in [0.05, 0.1) is 23.4 Å². The molecule has 150 valence electrons. The standard InChI is InChI=1S/C20H16BrF2N3O3/c21-14-2-1-13-11-17(14)28-7-5-27-6-8-29-18-10-12(9-15(22)19(18)23)16-3-4-24-20(25-13)26-16/h1-4,9-11H,5-8H2,(H,24,25,26). The van der Waals surface area contributed by atoms with Crippen LogP contribution in [0.2, 0.25) is 0 Å². The van der Waals surface area contributed by atoms with Crippen molar-refractivity contribution >= 4 is 27.6 Å². The molecule has 29 heavy (non-hydrogen) atoms. The Morgan fingerprint density at radius 1 is 0.931 bits per heavy atom. The van der Waals surface area contributed by atoms with E-state index in [1.54, 1.807) is 12.1 Å². The minimum absolute atomic E-state index is 0.0651. The van der Waals surface area contributed by atoms with Gasteiger partial charge in [-0.15, -0.1) is 0 Å². The first-order chi connectivity index (χ1) is 14.1. The maximum absolute atomic E-state index is 14.1. The summed E-state index contributed by atoms with van der Waals surface area (Å²) in [6, 6.07) is 9.56. The molecular weight excluding hydrogens is 448 g/mol. The molecule has 0 aliphatic carbocycles. The van der Waals surface area contributed by atoms with Gasteiger partial charge in [0.15, 0.2) is 11.6 Å². The molecule has 1 aliphatic rings. The fourth-order valence-electron chi connectivity index (χ4n) is 2.74. The third-order valence-corrected chi connectivity index (χ3v) is 4.76. The maximum atomic E-state index is 14.1. The number of hydrogen-bond acceptors (Lipinski definition) is 6. The number of rotatable bonds is 0. The normalized spacial score (nSPS) is 14.2. The molecule has 6 bridgehead atoms. The highest BCUT2D eigenvalue weighted by Crippen LogP contribution is 2.31. The lowest BCUT2D eigenvalue weighted by Gasteiger charge is -2.11. The van der Waals surface area contributed by atoms with Crippen molar-refractivity contribution in [2.45, 2.75) is 0 Å².